The van der Waals surface area contributed by atoms with Gasteiger partial charge >= 0.3 is 6.18 Å². The number of pyridine rings is 1. The van der Waals surface area contributed by atoms with Gasteiger partial charge in [-0.1, -0.05) is 30.3 Å². The number of rotatable bonds is 4. The minimum Gasteiger partial charge on any atom is -0.373 e. The number of nitrogens with one attached hydrogen (secondary N) is 1. The first-order valence-electron chi connectivity index (χ1n) is 10.1. The first-order valence-corrected chi connectivity index (χ1v) is 10.1. The van der Waals surface area contributed by atoms with Gasteiger partial charge in [-0.3, -0.25) is 9.78 Å². The molecule has 1 atom stereocenters. The number of anilines is 1. The summed E-state index contributed by atoms with van der Waals surface area (Å²) in [7, 11) is 0. The smallest absolute Gasteiger partial charge is 0.373 e. The molecule has 1 amide bonds. The Morgan fingerprint density at radius 3 is 2.48 bits per heavy atom. The first kappa shape index (κ1) is 20.9. The minimum atomic E-state index is -4.34. The quantitative estimate of drug-likeness (QED) is 0.629. The predicted molar refractivity (Wildman–Crippen MR) is 113 cm³/mol. The lowest BCUT2D eigenvalue weighted by atomic mass is 9.94. The predicted octanol–water partition coefficient (Wildman–Crippen LogP) is 5.15. The Hall–Kier alpha value is -3.35. The topological polar surface area (TPSA) is 45.2 Å². The van der Waals surface area contributed by atoms with Crippen LogP contribution in [-0.4, -0.2) is 28.4 Å². The van der Waals surface area contributed by atoms with E-state index in [1.165, 1.54) is 12.1 Å². The van der Waals surface area contributed by atoms with E-state index < -0.39 is 11.7 Å². The second-order valence-electron chi connectivity index (χ2n) is 7.68. The van der Waals surface area contributed by atoms with Gasteiger partial charge in [-0.05, 0) is 59.9 Å². The lowest BCUT2D eigenvalue weighted by molar-refractivity contribution is -0.137. The maximum atomic E-state index is 12.9. The van der Waals surface area contributed by atoms with Crippen molar-refractivity contribution in [2.45, 2.75) is 32.1 Å². The zero-order valence-electron chi connectivity index (χ0n) is 17.0. The average molecular weight is 425 g/mol. The van der Waals surface area contributed by atoms with Crippen molar-refractivity contribution in [1.82, 2.24) is 9.88 Å². The lowest BCUT2D eigenvalue weighted by Crippen LogP contribution is -2.43. The average Bonchev–Trinajstić information content (AvgIpc) is 2.78. The third-order valence-electron chi connectivity index (χ3n) is 5.49. The van der Waals surface area contributed by atoms with Gasteiger partial charge < -0.3 is 10.2 Å². The summed E-state index contributed by atoms with van der Waals surface area (Å²) < 4.78 is 38.4. The number of aromatic nitrogens is 1. The van der Waals surface area contributed by atoms with Crippen LogP contribution >= 0.6 is 0 Å². The fraction of sp³-hybridized carbons (Fsp3) is 0.250. The molecule has 1 aliphatic heterocycles. The summed E-state index contributed by atoms with van der Waals surface area (Å²) >= 11 is 0. The van der Waals surface area contributed by atoms with Crippen LogP contribution in [-0.2, 0) is 23.9 Å². The largest absolute Gasteiger partial charge is 0.416 e. The van der Waals surface area contributed by atoms with Crippen LogP contribution in [0.1, 0.15) is 23.6 Å². The van der Waals surface area contributed by atoms with E-state index in [1.54, 1.807) is 12.4 Å². The number of nitrogens with zero attached hydrogens (tertiary/aromatic N) is 2. The molecule has 1 N–H and O–H groups in total. The van der Waals surface area contributed by atoms with Crippen molar-refractivity contribution in [2.75, 3.05) is 11.9 Å². The van der Waals surface area contributed by atoms with Gasteiger partial charge in [-0.15, -0.1) is 0 Å². The van der Waals surface area contributed by atoms with Crippen molar-refractivity contribution in [1.29, 1.82) is 0 Å². The monoisotopic (exact) mass is 425 g/mol. The number of hydrogen-bond acceptors (Lipinski definition) is 3. The van der Waals surface area contributed by atoms with E-state index in [0.29, 0.717) is 19.5 Å². The highest BCUT2D eigenvalue weighted by Crippen LogP contribution is 2.32. The molecule has 0 saturated carbocycles. The molecule has 0 fully saturated rings. The molecule has 31 heavy (non-hydrogen) atoms. The molecule has 1 aliphatic rings. The van der Waals surface area contributed by atoms with Gasteiger partial charge in [-0.2, -0.15) is 13.2 Å². The van der Waals surface area contributed by atoms with Crippen molar-refractivity contribution in [3.05, 3.63) is 83.7 Å². The van der Waals surface area contributed by atoms with Crippen molar-refractivity contribution in [3.8, 4) is 11.1 Å². The van der Waals surface area contributed by atoms with Gasteiger partial charge in [0.05, 0.1) is 11.3 Å². The summed E-state index contributed by atoms with van der Waals surface area (Å²) in [5.41, 5.74) is 3.93. The Labute approximate surface area is 178 Å². The van der Waals surface area contributed by atoms with E-state index in [1.807, 2.05) is 42.2 Å². The molecule has 0 aliphatic carbocycles. The zero-order chi connectivity index (χ0) is 22.0. The van der Waals surface area contributed by atoms with Crippen LogP contribution in [0.15, 0.2) is 67.0 Å². The summed E-state index contributed by atoms with van der Waals surface area (Å²) in [5.74, 6) is 0.0151. The van der Waals surface area contributed by atoms with Crippen molar-refractivity contribution in [2.24, 2.45) is 0 Å². The fourth-order valence-electron chi connectivity index (χ4n) is 3.81. The van der Waals surface area contributed by atoms with Gasteiger partial charge in [0.1, 0.15) is 6.04 Å². The number of benzene rings is 2. The molecule has 0 saturated heterocycles. The number of alkyl halides is 3. The first-order chi connectivity index (χ1) is 14.8. The molecular formula is C24H22F3N3O. The van der Waals surface area contributed by atoms with Crippen LogP contribution in [0.2, 0.25) is 0 Å². The highest BCUT2D eigenvalue weighted by Gasteiger charge is 2.30. The molecule has 4 rings (SSSR count). The number of halogens is 3. The highest BCUT2D eigenvalue weighted by molar-refractivity contribution is 5.84. The van der Waals surface area contributed by atoms with E-state index in [2.05, 4.69) is 10.3 Å². The second-order valence-corrected chi connectivity index (χ2v) is 7.68. The molecule has 3 aromatic rings. The Bertz CT molecular complexity index is 1070. The highest BCUT2D eigenvalue weighted by atomic mass is 19.4. The van der Waals surface area contributed by atoms with E-state index in [-0.39, 0.29) is 11.9 Å². The summed E-state index contributed by atoms with van der Waals surface area (Å²) in [5, 5.41) is 3.17. The normalized spacial score (nSPS) is 14.6. The maximum Gasteiger partial charge on any atom is 0.416 e. The number of amides is 1. The SMILES string of the molecule is C[C@@H](Nc1cccnc1)C(=O)N1CCc2cc(-c3ccc(C(F)(F)F)cc3)ccc2C1. The van der Waals surface area contributed by atoms with Crippen LogP contribution in [0.4, 0.5) is 18.9 Å². The van der Waals surface area contributed by atoms with E-state index in [4.69, 9.17) is 0 Å². The molecule has 0 radical (unpaired) electrons. The number of carbonyl (C=O) groups excluding carboxylic acids is 1. The summed E-state index contributed by atoms with van der Waals surface area (Å²) in [6.07, 6.45) is -0.279. The Morgan fingerprint density at radius 2 is 1.81 bits per heavy atom. The van der Waals surface area contributed by atoms with Gasteiger partial charge in [0.15, 0.2) is 0 Å². The molecule has 2 aromatic carbocycles. The Balaban J connectivity index is 1.45. The lowest BCUT2D eigenvalue weighted by Gasteiger charge is -2.31. The molecule has 0 unspecified atom stereocenters. The molecule has 0 bridgehead atoms. The third kappa shape index (κ3) is 4.71. The molecule has 2 heterocycles. The van der Waals surface area contributed by atoms with Gasteiger partial charge in [0, 0.05) is 25.5 Å². The number of hydrogen-bond donors (Lipinski definition) is 1. The molecule has 4 nitrogen and oxygen atoms in total. The van der Waals surface area contributed by atoms with E-state index in [9.17, 15) is 18.0 Å². The number of carbonyl (C=O) groups is 1. The second kappa shape index (κ2) is 8.41. The Morgan fingerprint density at radius 1 is 1.06 bits per heavy atom. The third-order valence-corrected chi connectivity index (χ3v) is 5.49. The van der Waals surface area contributed by atoms with Crippen LogP contribution in [0.3, 0.4) is 0 Å². The van der Waals surface area contributed by atoms with Gasteiger partial charge in [-0.25, -0.2) is 0 Å². The van der Waals surface area contributed by atoms with Crippen LogP contribution in [0.5, 0.6) is 0 Å². The standard InChI is InChI=1S/C24H22F3N3O/c1-16(29-22-3-2-11-28-14-22)23(31)30-12-10-19-13-18(4-5-20(19)15-30)17-6-8-21(9-7-17)24(25,26)27/h2-9,11,13-14,16,29H,10,12,15H2,1H3/t16-/m1/s1. The van der Waals surface area contributed by atoms with Crippen molar-refractivity contribution in [3.63, 3.8) is 0 Å². The Kier molecular flexibility index (Phi) is 5.67. The minimum absolute atomic E-state index is 0.0151. The van der Waals surface area contributed by atoms with Crippen LogP contribution in [0, 0.1) is 0 Å². The molecule has 7 heteroatoms. The molecule has 160 valence electrons. The van der Waals surface area contributed by atoms with Crippen molar-refractivity contribution < 1.29 is 18.0 Å². The van der Waals surface area contributed by atoms with Crippen LogP contribution in [0.25, 0.3) is 11.1 Å². The number of fused-ring (bicyclic) bond motifs is 1. The molecular weight excluding hydrogens is 403 g/mol. The molecule has 1 aromatic heterocycles. The summed E-state index contributed by atoms with van der Waals surface area (Å²) in [6.45, 7) is 2.94. The maximum absolute atomic E-state index is 12.9. The summed E-state index contributed by atoms with van der Waals surface area (Å²) in [4.78, 5) is 18.7. The fourth-order valence-corrected chi connectivity index (χ4v) is 3.81. The molecule has 0 spiro atoms. The van der Waals surface area contributed by atoms with E-state index in [0.717, 1.165) is 40.1 Å². The van der Waals surface area contributed by atoms with E-state index >= 15 is 0 Å². The zero-order valence-corrected chi connectivity index (χ0v) is 17.0. The van der Waals surface area contributed by atoms with Gasteiger partial charge in [0.25, 0.3) is 0 Å². The van der Waals surface area contributed by atoms with Crippen LogP contribution < -0.4 is 5.32 Å². The van der Waals surface area contributed by atoms with Gasteiger partial charge in [0.2, 0.25) is 5.91 Å². The summed E-state index contributed by atoms with van der Waals surface area (Å²) in [6, 6.07) is 14.4. The van der Waals surface area contributed by atoms with Crippen molar-refractivity contribution >= 4 is 11.6 Å².